The van der Waals surface area contributed by atoms with E-state index < -0.39 is 0 Å². The van der Waals surface area contributed by atoms with Crippen LogP contribution in [0.5, 0.6) is 0 Å². The average Bonchev–Trinajstić information content (AvgIpc) is 2.38. The number of nitrogens with two attached hydrogens (primary N) is 1. The molecule has 1 fully saturated rings. The van der Waals surface area contributed by atoms with Crippen LogP contribution in [0.15, 0.2) is 0 Å². The molecule has 110 valence electrons. The Bertz CT molecular complexity index is 310. The van der Waals surface area contributed by atoms with E-state index in [1.165, 1.54) is 7.11 Å². The van der Waals surface area contributed by atoms with Gasteiger partial charge in [-0.05, 0) is 18.8 Å². The zero-order valence-electron chi connectivity index (χ0n) is 11.9. The fourth-order valence-electron chi connectivity index (χ4n) is 2.22. The van der Waals surface area contributed by atoms with Crippen molar-refractivity contribution in [3.63, 3.8) is 0 Å². The van der Waals surface area contributed by atoms with Crippen molar-refractivity contribution in [2.24, 2.45) is 11.7 Å². The highest BCUT2D eigenvalue weighted by molar-refractivity contribution is 5.78. The Hall–Kier alpha value is -1.14. The lowest BCUT2D eigenvalue weighted by atomic mass is 9.95. The summed E-state index contributed by atoms with van der Waals surface area (Å²) in [6.07, 6.45) is 1.89. The van der Waals surface area contributed by atoms with Crippen LogP contribution in [0.25, 0.3) is 0 Å². The topological polar surface area (TPSA) is 84.7 Å². The lowest BCUT2D eigenvalue weighted by molar-refractivity contribution is -0.140. The minimum absolute atomic E-state index is 0.00698. The fraction of sp³-hybridized carbons (Fsp3) is 0.846. The summed E-state index contributed by atoms with van der Waals surface area (Å²) in [7, 11) is 1.36. The molecule has 1 amide bonds. The molecule has 0 saturated carbocycles. The molecule has 2 atom stereocenters. The Kier molecular flexibility index (Phi) is 6.80. The highest BCUT2D eigenvalue weighted by Crippen LogP contribution is 2.14. The maximum absolute atomic E-state index is 11.7. The van der Waals surface area contributed by atoms with Crippen molar-refractivity contribution in [2.75, 3.05) is 33.3 Å². The van der Waals surface area contributed by atoms with E-state index in [4.69, 9.17) is 5.73 Å². The predicted octanol–water partition coefficient (Wildman–Crippen LogP) is -0.275. The highest BCUT2D eigenvalue weighted by Gasteiger charge is 2.24. The first-order valence-corrected chi connectivity index (χ1v) is 6.84. The van der Waals surface area contributed by atoms with Crippen LogP contribution in [0.3, 0.4) is 0 Å². The number of hydrogen-bond donors (Lipinski definition) is 2. The number of esters is 1. The Morgan fingerprint density at radius 1 is 1.47 bits per heavy atom. The summed E-state index contributed by atoms with van der Waals surface area (Å²) in [5.74, 6) is 0.196. The minimum atomic E-state index is -0.243. The van der Waals surface area contributed by atoms with E-state index in [1.807, 2.05) is 0 Å². The van der Waals surface area contributed by atoms with Crippen molar-refractivity contribution in [3.05, 3.63) is 0 Å². The lowest BCUT2D eigenvalue weighted by Crippen LogP contribution is -2.49. The maximum atomic E-state index is 11.7. The van der Waals surface area contributed by atoms with Crippen molar-refractivity contribution in [1.29, 1.82) is 0 Å². The monoisotopic (exact) mass is 271 g/mol. The van der Waals surface area contributed by atoms with Crippen LogP contribution in [-0.4, -0.2) is 56.1 Å². The van der Waals surface area contributed by atoms with Gasteiger partial charge in [-0.1, -0.05) is 6.92 Å². The van der Waals surface area contributed by atoms with Crippen molar-refractivity contribution in [3.8, 4) is 0 Å². The number of nitrogens with zero attached hydrogens (tertiary/aromatic N) is 1. The fourth-order valence-corrected chi connectivity index (χ4v) is 2.22. The largest absolute Gasteiger partial charge is 0.469 e. The third-order valence-electron chi connectivity index (χ3n) is 3.53. The van der Waals surface area contributed by atoms with Gasteiger partial charge < -0.3 is 15.8 Å². The van der Waals surface area contributed by atoms with Gasteiger partial charge in [0, 0.05) is 32.1 Å². The summed E-state index contributed by atoms with van der Waals surface area (Å²) < 4.78 is 4.53. The molecule has 0 radical (unpaired) electrons. The van der Waals surface area contributed by atoms with E-state index in [9.17, 15) is 9.59 Å². The first-order chi connectivity index (χ1) is 9.02. The number of nitrogens with one attached hydrogen (secondary N) is 1. The van der Waals surface area contributed by atoms with Crippen molar-refractivity contribution in [1.82, 2.24) is 10.2 Å². The number of piperidine rings is 1. The number of methoxy groups -OCH3 is 1. The van der Waals surface area contributed by atoms with Gasteiger partial charge >= 0.3 is 5.97 Å². The highest BCUT2D eigenvalue weighted by atomic mass is 16.5. The van der Waals surface area contributed by atoms with Crippen LogP contribution in [-0.2, 0) is 14.3 Å². The zero-order chi connectivity index (χ0) is 14.3. The number of carbonyl (C=O) groups is 2. The average molecular weight is 271 g/mol. The summed E-state index contributed by atoms with van der Waals surface area (Å²) in [6, 6.07) is 0.249. The van der Waals surface area contributed by atoms with Crippen LogP contribution in [0.4, 0.5) is 0 Å². The Labute approximate surface area is 114 Å². The second kappa shape index (κ2) is 8.12. The van der Waals surface area contributed by atoms with Crippen LogP contribution in [0.1, 0.15) is 26.2 Å². The van der Waals surface area contributed by atoms with Crippen LogP contribution in [0.2, 0.25) is 0 Å². The van der Waals surface area contributed by atoms with Gasteiger partial charge in [-0.15, -0.1) is 0 Å². The van der Waals surface area contributed by atoms with E-state index >= 15 is 0 Å². The summed E-state index contributed by atoms with van der Waals surface area (Å²) in [5.41, 5.74) is 5.94. The zero-order valence-corrected chi connectivity index (χ0v) is 11.9. The smallest absolute Gasteiger partial charge is 0.305 e. The Balaban J connectivity index is 2.12. The first-order valence-electron chi connectivity index (χ1n) is 6.84. The molecule has 0 aromatic rings. The molecule has 0 bridgehead atoms. The molecule has 1 heterocycles. The minimum Gasteiger partial charge on any atom is -0.469 e. The van der Waals surface area contributed by atoms with Gasteiger partial charge in [0.25, 0.3) is 0 Å². The predicted molar refractivity (Wildman–Crippen MR) is 72.5 cm³/mol. The number of amides is 1. The molecule has 0 spiro atoms. The molecule has 2 unspecified atom stereocenters. The Morgan fingerprint density at radius 3 is 2.84 bits per heavy atom. The number of carbonyl (C=O) groups excluding carboxylic acids is 2. The number of hydrogen-bond acceptors (Lipinski definition) is 5. The summed E-state index contributed by atoms with van der Waals surface area (Å²) >= 11 is 0. The summed E-state index contributed by atoms with van der Waals surface area (Å²) in [6.45, 7) is 4.79. The molecule has 0 aromatic heterocycles. The quantitative estimate of drug-likeness (QED) is 0.513. The molecule has 0 aromatic carbocycles. The van der Waals surface area contributed by atoms with Crippen LogP contribution in [0, 0.1) is 5.92 Å². The van der Waals surface area contributed by atoms with Crippen molar-refractivity contribution in [2.45, 2.75) is 32.2 Å². The van der Waals surface area contributed by atoms with E-state index in [1.54, 1.807) is 0 Å². The standard InChI is InChI=1S/C13H25N3O3/c1-10-8-16(7-5-11(10)14)9-12(17)15-6-3-4-13(18)19-2/h10-11H,3-9,14H2,1-2H3,(H,15,17). The van der Waals surface area contributed by atoms with E-state index in [0.717, 1.165) is 19.5 Å². The third kappa shape index (κ3) is 6.02. The lowest BCUT2D eigenvalue weighted by Gasteiger charge is -2.34. The molecule has 1 aliphatic rings. The molecule has 0 aliphatic carbocycles. The molecule has 6 nitrogen and oxygen atoms in total. The molecule has 3 N–H and O–H groups in total. The second-order valence-electron chi connectivity index (χ2n) is 5.19. The van der Waals surface area contributed by atoms with Gasteiger partial charge in [-0.25, -0.2) is 0 Å². The van der Waals surface area contributed by atoms with Gasteiger partial charge in [0.2, 0.25) is 5.91 Å². The van der Waals surface area contributed by atoms with Gasteiger partial charge in [0.05, 0.1) is 13.7 Å². The summed E-state index contributed by atoms with van der Waals surface area (Å²) in [4.78, 5) is 24.7. The van der Waals surface area contributed by atoms with Crippen molar-refractivity contribution >= 4 is 11.9 Å². The molecular weight excluding hydrogens is 246 g/mol. The number of likely N-dealkylation sites (tertiary alicyclic amines) is 1. The summed E-state index contributed by atoms with van der Waals surface area (Å²) in [5, 5.41) is 2.82. The van der Waals surface area contributed by atoms with E-state index in [2.05, 4.69) is 21.9 Å². The number of ether oxygens (including phenoxy) is 1. The van der Waals surface area contributed by atoms with Gasteiger partial charge in [0.15, 0.2) is 0 Å². The van der Waals surface area contributed by atoms with Crippen LogP contribution < -0.4 is 11.1 Å². The van der Waals surface area contributed by atoms with Crippen molar-refractivity contribution < 1.29 is 14.3 Å². The maximum Gasteiger partial charge on any atom is 0.305 e. The van der Waals surface area contributed by atoms with Gasteiger partial charge in [-0.2, -0.15) is 0 Å². The van der Waals surface area contributed by atoms with E-state index in [0.29, 0.717) is 31.8 Å². The van der Waals surface area contributed by atoms with E-state index in [-0.39, 0.29) is 17.9 Å². The molecule has 1 rings (SSSR count). The molecule has 6 heteroatoms. The molecular formula is C13H25N3O3. The second-order valence-corrected chi connectivity index (χ2v) is 5.19. The molecule has 1 aliphatic heterocycles. The SMILES string of the molecule is COC(=O)CCCNC(=O)CN1CCC(N)C(C)C1. The Morgan fingerprint density at radius 2 is 2.21 bits per heavy atom. The third-order valence-corrected chi connectivity index (χ3v) is 3.53. The van der Waals surface area contributed by atoms with Gasteiger partial charge in [-0.3, -0.25) is 14.5 Å². The molecule has 19 heavy (non-hydrogen) atoms. The number of rotatable bonds is 6. The molecule has 1 saturated heterocycles. The van der Waals surface area contributed by atoms with Crippen LogP contribution >= 0.6 is 0 Å². The van der Waals surface area contributed by atoms with Gasteiger partial charge in [0.1, 0.15) is 0 Å². The normalized spacial score (nSPS) is 23.9. The first kappa shape index (κ1) is 15.9.